The molecule has 0 bridgehead atoms. The number of carbonyl (C=O) groups excluding carboxylic acids is 3. The Morgan fingerprint density at radius 1 is 1.05 bits per heavy atom. The molecule has 3 heterocycles. The van der Waals surface area contributed by atoms with E-state index in [0.29, 0.717) is 24.6 Å². The van der Waals surface area contributed by atoms with E-state index in [0.717, 1.165) is 25.7 Å². The lowest BCUT2D eigenvalue weighted by molar-refractivity contribution is -0.275. The largest absolute Gasteiger partial charge is 0.334 e. The van der Waals surface area contributed by atoms with Crippen LogP contribution in [-0.2, 0) is 19.2 Å². The summed E-state index contributed by atoms with van der Waals surface area (Å²) >= 11 is 0. The molecule has 1 unspecified atom stereocenters. The number of pyridine rings is 1. The van der Waals surface area contributed by atoms with Crippen LogP contribution in [0.2, 0.25) is 0 Å². The van der Waals surface area contributed by atoms with E-state index in [1.54, 1.807) is 17.2 Å². The number of fused-ring (bicyclic) bond motifs is 1. The molecule has 3 amide bonds. The summed E-state index contributed by atoms with van der Waals surface area (Å²) in [6.07, 6.45) is 8.18. The number of hydrogen-bond donors (Lipinski definition) is 0. The van der Waals surface area contributed by atoms with E-state index in [1.165, 1.54) is 11.1 Å². The number of carbonyl (C=O) groups is 3. The van der Waals surface area contributed by atoms with Gasteiger partial charge in [0.15, 0.2) is 12.3 Å². The van der Waals surface area contributed by atoms with Crippen molar-refractivity contribution in [2.24, 2.45) is 11.8 Å². The van der Waals surface area contributed by atoms with Gasteiger partial charge in [-0.2, -0.15) is 5.06 Å². The Morgan fingerprint density at radius 2 is 1.74 bits per heavy atom. The molecule has 3 atom stereocenters. The van der Waals surface area contributed by atoms with Gasteiger partial charge < -0.3 is 14.7 Å². The number of rotatable bonds is 8. The zero-order valence-electron chi connectivity index (χ0n) is 24.3. The van der Waals surface area contributed by atoms with E-state index >= 15 is 0 Å². The minimum atomic E-state index is -0.807. The summed E-state index contributed by atoms with van der Waals surface area (Å²) in [6, 6.07) is 5.49. The predicted octanol–water partition coefficient (Wildman–Crippen LogP) is 3.57. The van der Waals surface area contributed by atoms with E-state index in [4.69, 9.17) is 4.84 Å². The number of nitrogens with zero attached hydrogens (tertiary/aromatic N) is 5. The Balaban J connectivity index is 1.66. The van der Waals surface area contributed by atoms with Crippen LogP contribution in [-0.4, -0.2) is 93.5 Å². The zero-order chi connectivity index (χ0) is 28.3. The molecule has 39 heavy (non-hydrogen) atoms. The molecule has 3 aliphatic rings. The van der Waals surface area contributed by atoms with Crippen molar-refractivity contribution >= 4 is 23.8 Å². The van der Waals surface area contributed by atoms with Crippen LogP contribution < -0.4 is 0 Å². The van der Waals surface area contributed by atoms with Crippen LogP contribution in [0.5, 0.6) is 0 Å². The fourth-order valence-corrected chi connectivity index (χ4v) is 6.13. The second-order valence-electron chi connectivity index (χ2n) is 12.3. The third kappa shape index (κ3) is 6.69. The van der Waals surface area contributed by atoms with Crippen molar-refractivity contribution in [1.29, 1.82) is 0 Å². The molecule has 3 fully saturated rings. The number of amides is 3. The molecule has 1 aromatic heterocycles. The summed E-state index contributed by atoms with van der Waals surface area (Å²) in [5.74, 6) is -0.157. The van der Waals surface area contributed by atoms with E-state index in [-0.39, 0.29) is 42.1 Å². The van der Waals surface area contributed by atoms with Crippen molar-refractivity contribution in [1.82, 2.24) is 24.7 Å². The van der Waals surface area contributed by atoms with Crippen molar-refractivity contribution in [3.8, 4) is 0 Å². The summed E-state index contributed by atoms with van der Waals surface area (Å²) < 4.78 is 0. The molecule has 0 radical (unpaired) electrons. The zero-order valence-corrected chi connectivity index (χ0v) is 24.3. The molecule has 0 aromatic carbocycles. The second-order valence-corrected chi connectivity index (χ2v) is 12.3. The molecule has 9 nitrogen and oxygen atoms in total. The van der Waals surface area contributed by atoms with E-state index in [1.807, 2.05) is 36.9 Å². The van der Waals surface area contributed by atoms with Crippen LogP contribution in [0.4, 0.5) is 0 Å². The monoisotopic (exact) mass is 539 g/mol. The van der Waals surface area contributed by atoms with Crippen LogP contribution >= 0.6 is 0 Å². The maximum absolute atomic E-state index is 14.0. The number of hydrogen-bond acceptors (Lipinski definition) is 6. The first kappa shape index (κ1) is 29.2. The normalized spacial score (nSPS) is 28.2. The molecule has 2 aliphatic heterocycles. The minimum absolute atomic E-state index is 0.00299. The Bertz CT molecular complexity index is 1040. The topological polar surface area (TPSA) is 86.3 Å². The quantitative estimate of drug-likeness (QED) is 0.470. The molecule has 0 spiro atoms. The molecule has 9 heteroatoms. The van der Waals surface area contributed by atoms with E-state index in [9.17, 15) is 14.4 Å². The highest BCUT2D eigenvalue weighted by molar-refractivity contribution is 5.95. The lowest BCUT2D eigenvalue weighted by Crippen LogP contribution is -2.74. The summed E-state index contributed by atoms with van der Waals surface area (Å²) in [5, 5.41) is 1.35. The lowest BCUT2D eigenvalue weighted by Gasteiger charge is -2.55. The first-order valence-corrected chi connectivity index (χ1v) is 14.4. The Morgan fingerprint density at radius 3 is 2.33 bits per heavy atom. The first-order valence-electron chi connectivity index (χ1n) is 14.4. The van der Waals surface area contributed by atoms with Crippen molar-refractivity contribution in [3.63, 3.8) is 0 Å². The van der Waals surface area contributed by atoms with Gasteiger partial charge >= 0.3 is 0 Å². The van der Waals surface area contributed by atoms with Crippen LogP contribution in [0.3, 0.4) is 0 Å². The highest BCUT2D eigenvalue weighted by Gasteiger charge is 2.53. The predicted molar refractivity (Wildman–Crippen MR) is 150 cm³/mol. The average molecular weight is 540 g/mol. The van der Waals surface area contributed by atoms with Gasteiger partial charge in [-0.25, -0.2) is 0 Å². The number of aromatic nitrogens is 1. The van der Waals surface area contributed by atoms with Gasteiger partial charge in [0.05, 0.1) is 12.2 Å². The highest BCUT2D eigenvalue weighted by atomic mass is 16.7. The van der Waals surface area contributed by atoms with Crippen molar-refractivity contribution in [2.75, 3.05) is 20.6 Å². The fourth-order valence-electron chi connectivity index (χ4n) is 6.13. The van der Waals surface area contributed by atoms with Gasteiger partial charge in [-0.15, -0.1) is 0 Å². The van der Waals surface area contributed by atoms with Gasteiger partial charge in [-0.05, 0) is 82.7 Å². The summed E-state index contributed by atoms with van der Waals surface area (Å²) in [7, 11) is 4.21. The van der Waals surface area contributed by atoms with Gasteiger partial charge in [0, 0.05) is 24.4 Å². The minimum Gasteiger partial charge on any atom is -0.334 e. The van der Waals surface area contributed by atoms with E-state index < -0.39 is 18.3 Å². The Labute approximate surface area is 233 Å². The van der Waals surface area contributed by atoms with Gasteiger partial charge in [0.1, 0.15) is 6.04 Å². The van der Waals surface area contributed by atoms with Crippen LogP contribution in [0.25, 0.3) is 6.08 Å². The van der Waals surface area contributed by atoms with Crippen molar-refractivity contribution in [3.05, 3.63) is 36.2 Å². The van der Waals surface area contributed by atoms with E-state index in [2.05, 4.69) is 37.8 Å². The van der Waals surface area contributed by atoms with Crippen LogP contribution in [0.1, 0.15) is 71.9 Å². The molecule has 1 aromatic rings. The summed E-state index contributed by atoms with van der Waals surface area (Å²) in [5.41, 5.74) is 0.658. The van der Waals surface area contributed by atoms with Crippen LogP contribution in [0.15, 0.2) is 30.5 Å². The third-order valence-corrected chi connectivity index (χ3v) is 8.15. The molecule has 2 saturated heterocycles. The van der Waals surface area contributed by atoms with Crippen molar-refractivity contribution in [2.45, 2.75) is 96.6 Å². The summed E-state index contributed by atoms with van der Waals surface area (Å²) in [4.78, 5) is 57.8. The highest BCUT2D eigenvalue weighted by Crippen LogP contribution is 2.35. The van der Waals surface area contributed by atoms with Gasteiger partial charge in [0.25, 0.3) is 11.8 Å². The van der Waals surface area contributed by atoms with Crippen molar-refractivity contribution < 1.29 is 19.2 Å². The smallest absolute Gasteiger partial charge is 0.272 e. The first-order chi connectivity index (χ1) is 18.6. The SMILES string of the molecule is CC(C)CC1ON(C(=O)/C=C/c2ccccn2)[C@H]2CN(C3CCC(N(C)C)CC3)C(=O)[C@H](CC(C)C)N2C1=O. The van der Waals surface area contributed by atoms with Crippen LogP contribution in [0, 0.1) is 11.8 Å². The average Bonchev–Trinajstić information content (AvgIpc) is 2.90. The van der Waals surface area contributed by atoms with Gasteiger partial charge in [0.2, 0.25) is 5.91 Å². The summed E-state index contributed by atoms with van der Waals surface area (Å²) in [6.45, 7) is 8.44. The third-order valence-electron chi connectivity index (χ3n) is 8.15. The van der Waals surface area contributed by atoms with Gasteiger partial charge in [-0.1, -0.05) is 33.8 Å². The molecule has 4 rings (SSSR count). The Hall–Kier alpha value is -2.78. The molecular formula is C30H45N5O4. The molecule has 1 saturated carbocycles. The second kappa shape index (κ2) is 12.6. The fraction of sp³-hybridized carbons (Fsp3) is 0.667. The maximum Gasteiger partial charge on any atom is 0.272 e. The lowest BCUT2D eigenvalue weighted by atomic mass is 9.87. The number of hydroxylamine groups is 2. The maximum atomic E-state index is 14.0. The van der Waals surface area contributed by atoms with Gasteiger partial charge in [-0.3, -0.25) is 24.2 Å². The molecule has 0 N–H and O–H groups in total. The molecule has 214 valence electrons. The molecule has 1 aliphatic carbocycles. The molecular weight excluding hydrogens is 494 g/mol. The standard InChI is InChI=1S/C30H45N5O4/c1-20(2)17-25-29(37)33(24-13-11-23(12-14-24)32(5)6)19-27-34(25)30(38)26(18-21(3)4)39-35(27)28(36)15-10-22-9-7-8-16-31-22/h7-10,15-16,20-21,23-27H,11-14,17-19H2,1-6H3/b15-10+/t23?,24?,25-,26?,27-/m0/s1. The number of piperazine rings is 1. The Kier molecular flexibility index (Phi) is 9.43.